The van der Waals surface area contributed by atoms with Gasteiger partial charge in [-0.25, -0.2) is 4.99 Å². The highest BCUT2D eigenvalue weighted by molar-refractivity contribution is 6.22. The first-order chi connectivity index (χ1) is 8.20. The molecule has 94 valence electrons. The smallest absolute Gasteiger partial charge is 0.236 e. The summed E-state index contributed by atoms with van der Waals surface area (Å²) in [6.45, 7) is 14.5. The van der Waals surface area contributed by atoms with Crippen molar-refractivity contribution < 1.29 is 0 Å². The normalized spacial score (nSPS) is 14.4. The molecule has 1 aromatic rings. The largest absolute Gasteiger partial charge is 0.387 e. The molecule has 1 heterocycles. The minimum absolute atomic E-state index is 0.500. The van der Waals surface area contributed by atoms with Crippen molar-refractivity contribution in [2.75, 3.05) is 0 Å². The van der Waals surface area contributed by atoms with Crippen molar-refractivity contribution in [1.82, 2.24) is 4.81 Å². The van der Waals surface area contributed by atoms with Crippen LogP contribution in [0.4, 0.5) is 5.69 Å². The fourth-order valence-electron chi connectivity index (χ4n) is 1.37. The summed E-state index contributed by atoms with van der Waals surface area (Å²) in [5, 5.41) is 0. The van der Waals surface area contributed by atoms with Crippen molar-refractivity contribution in [3.8, 4) is 0 Å². The summed E-state index contributed by atoms with van der Waals surface area (Å²) in [5.74, 6) is 0.767. The number of fused-ring (bicyclic) bond motifs is 1. The number of para-hydroxylation sites is 1. The Morgan fingerprint density at radius 1 is 1.17 bits per heavy atom. The maximum atomic E-state index is 5.74. The van der Waals surface area contributed by atoms with E-state index >= 15 is 0 Å². The number of hydrogen-bond donors (Lipinski definition) is 0. The van der Waals surface area contributed by atoms with Crippen molar-refractivity contribution in [2.24, 2.45) is 10.4 Å². The molecule has 0 atom stereocenters. The van der Waals surface area contributed by atoms with Gasteiger partial charge in [0.25, 0.3) is 0 Å². The average Bonchev–Trinajstić information content (AvgIpc) is 2.24. The lowest BCUT2D eigenvalue weighted by molar-refractivity contribution is 0.469. The first kappa shape index (κ1) is 14.6. The van der Waals surface area contributed by atoms with Crippen LogP contribution in [0.1, 0.15) is 40.2 Å². The van der Waals surface area contributed by atoms with Crippen LogP contribution in [0.25, 0.3) is 5.70 Å². The number of aliphatic imine (C=N–C) groups is 1. The molecule has 0 spiro atoms. The van der Waals surface area contributed by atoms with Gasteiger partial charge in [0.15, 0.2) is 0 Å². The molecule has 3 heteroatoms. The zero-order valence-corrected chi connectivity index (χ0v) is 12.0. The molecule has 1 aliphatic heterocycles. The van der Waals surface area contributed by atoms with E-state index in [0.717, 1.165) is 22.8 Å². The second-order valence-corrected chi connectivity index (χ2v) is 5.99. The molecule has 0 N–H and O–H groups in total. The fraction of sp³-hybridized carbons (Fsp3) is 0.400. The Morgan fingerprint density at radius 2 is 1.67 bits per heavy atom. The second-order valence-electron chi connectivity index (χ2n) is 5.99. The summed E-state index contributed by atoms with van der Waals surface area (Å²) in [7, 11) is 5.74. The summed E-state index contributed by atoms with van der Waals surface area (Å²) in [6.07, 6.45) is 0. The maximum absolute atomic E-state index is 5.74. The summed E-state index contributed by atoms with van der Waals surface area (Å²) in [6, 6.07) is 7.83. The van der Waals surface area contributed by atoms with E-state index in [1.807, 2.05) is 31.2 Å². The number of benzene rings is 1. The molecule has 0 aliphatic carbocycles. The first-order valence-corrected chi connectivity index (χ1v) is 6.08. The topological polar surface area (TPSA) is 15.6 Å². The van der Waals surface area contributed by atoms with E-state index in [9.17, 15) is 0 Å². The molecular weight excluding hydrogens is 219 g/mol. The Labute approximate surface area is 112 Å². The minimum Gasteiger partial charge on any atom is -0.387 e. The Kier molecular flexibility index (Phi) is 4.39. The van der Waals surface area contributed by atoms with Crippen LogP contribution in [0.15, 0.2) is 35.8 Å². The van der Waals surface area contributed by atoms with E-state index in [1.54, 1.807) is 0 Å². The zero-order valence-electron chi connectivity index (χ0n) is 12.0. The minimum atomic E-state index is 0.500. The third-order valence-corrected chi connectivity index (χ3v) is 2.14. The van der Waals surface area contributed by atoms with Gasteiger partial charge in [-0.2, -0.15) is 0 Å². The SMILES string of the molecule is CC(C)(C)C.[B]N1C(=C)c2ccccc2N=C1C. The molecule has 2 radical (unpaired) electrons. The van der Waals surface area contributed by atoms with Gasteiger partial charge in [-0.05, 0) is 18.4 Å². The van der Waals surface area contributed by atoms with Gasteiger partial charge in [-0.15, -0.1) is 0 Å². The Balaban J connectivity index is 0.000000280. The van der Waals surface area contributed by atoms with E-state index in [0.29, 0.717) is 5.41 Å². The molecular formula is C15H21BN2. The van der Waals surface area contributed by atoms with Crippen LogP contribution in [0.2, 0.25) is 0 Å². The van der Waals surface area contributed by atoms with Gasteiger partial charge < -0.3 is 4.81 Å². The molecule has 0 aromatic heterocycles. The van der Waals surface area contributed by atoms with Crippen LogP contribution in [-0.4, -0.2) is 18.6 Å². The van der Waals surface area contributed by atoms with E-state index in [-0.39, 0.29) is 0 Å². The second kappa shape index (κ2) is 5.43. The molecule has 0 amide bonds. The molecule has 18 heavy (non-hydrogen) atoms. The van der Waals surface area contributed by atoms with E-state index < -0.39 is 0 Å². The van der Waals surface area contributed by atoms with Gasteiger partial charge in [0.05, 0.1) is 11.5 Å². The van der Waals surface area contributed by atoms with Crippen LogP contribution in [0.3, 0.4) is 0 Å². The fourth-order valence-corrected chi connectivity index (χ4v) is 1.37. The van der Waals surface area contributed by atoms with Crippen LogP contribution < -0.4 is 0 Å². The van der Waals surface area contributed by atoms with Crippen molar-refractivity contribution >= 4 is 25.2 Å². The lowest BCUT2D eigenvalue weighted by Crippen LogP contribution is -2.26. The monoisotopic (exact) mass is 240 g/mol. The third kappa shape index (κ3) is 4.06. The van der Waals surface area contributed by atoms with Gasteiger partial charge in [-0.3, -0.25) is 0 Å². The average molecular weight is 240 g/mol. The Hall–Kier alpha value is -1.51. The summed E-state index contributed by atoms with van der Waals surface area (Å²) in [4.78, 5) is 5.84. The van der Waals surface area contributed by atoms with E-state index in [2.05, 4.69) is 39.3 Å². The Bertz CT molecular complexity index is 464. The lowest BCUT2D eigenvalue weighted by Gasteiger charge is -2.27. The highest BCUT2D eigenvalue weighted by Gasteiger charge is 2.15. The quantitative estimate of drug-likeness (QED) is 0.621. The molecule has 1 aliphatic rings. The maximum Gasteiger partial charge on any atom is 0.236 e. The zero-order chi connectivity index (χ0) is 13.9. The summed E-state index contributed by atoms with van der Waals surface area (Å²) >= 11 is 0. The number of amidine groups is 1. The molecule has 2 rings (SSSR count). The van der Waals surface area contributed by atoms with E-state index in [4.69, 9.17) is 7.98 Å². The summed E-state index contributed by atoms with van der Waals surface area (Å²) < 4.78 is 0. The van der Waals surface area contributed by atoms with Crippen molar-refractivity contribution in [2.45, 2.75) is 34.6 Å². The molecule has 1 aromatic carbocycles. The van der Waals surface area contributed by atoms with Crippen molar-refractivity contribution in [3.05, 3.63) is 36.4 Å². The molecule has 0 saturated carbocycles. The highest BCUT2D eigenvalue weighted by Crippen LogP contribution is 2.31. The Morgan fingerprint density at radius 3 is 2.22 bits per heavy atom. The van der Waals surface area contributed by atoms with Crippen LogP contribution in [-0.2, 0) is 0 Å². The molecule has 0 saturated heterocycles. The standard InChI is InChI=1S/C10H9BN2.C5H12/c1-7-9-5-3-4-6-10(9)12-8(2)13(7)11;1-5(2,3)4/h3-6H,1H2,2H3;1-4H3. The number of hydrogen-bond acceptors (Lipinski definition) is 2. The van der Waals surface area contributed by atoms with Gasteiger partial charge in [0.1, 0.15) is 0 Å². The van der Waals surface area contributed by atoms with Crippen molar-refractivity contribution in [1.29, 1.82) is 0 Å². The van der Waals surface area contributed by atoms with E-state index in [1.165, 1.54) is 4.81 Å². The third-order valence-electron chi connectivity index (χ3n) is 2.14. The van der Waals surface area contributed by atoms with Crippen molar-refractivity contribution in [3.63, 3.8) is 0 Å². The van der Waals surface area contributed by atoms with Crippen LogP contribution in [0.5, 0.6) is 0 Å². The number of nitrogens with zero attached hydrogens (tertiary/aromatic N) is 2. The molecule has 0 unspecified atom stereocenters. The molecule has 0 fully saturated rings. The van der Waals surface area contributed by atoms with Gasteiger partial charge in [0, 0.05) is 11.3 Å². The lowest BCUT2D eigenvalue weighted by atomic mass is 10.0. The molecule has 2 nitrogen and oxygen atoms in total. The first-order valence-electron chi connectivity index (χ1n) is 6.08. The summed E-state index contributed by atoms with van der Waals surface area (Å²) in [5.41, 5.74) is 3.23. The van der Waals surface area contributed by atoms with Gasteiger partial charge >= 0.3 is 0 Å². The predicted octanol–water partition coefficient (Wildman–Crippen LogP) is 4.16. The van der Waals surface area contributed by atoms with Gasteiger partial charge in [-0.1, -0.05) is 52.5 Å². The van der Waals surface area contributed by atoms with Crippen LogP contribution >= 0.6 is 0 Å². The number of rotatable bonds is 0. The van der Waals surface area contributed by atoms with Gasteiger partial charge in [0.2, 0.25) is 7.98 Å². The predicted molar refractivity (Wildman–Crippen MR) is 81.0 cm³/mol. The molecule has 0 bridgehead atoms. The van der Waals surface area contributed by atoms with Crippen LogP contribution in [0, 0.1) is 5.41 Å². The highest BCUT2D eigenvalue weighted by atomic mass is 15.1.